The third-order valence-electron chi connectivity index (χ3n) is 5.05. The van der Waals surface area contributed by atoms with Crippen molar-refractivity contribution in [1.29, 1.82) is 0 Å². The second kappa shape index (κ2) is 6.90. The van der Waals surface area contributed by atoms with Crippen LogP contribution in [0, 0.1) is 5.82 Å². The van der Waals surface area contributed by atoms with E-state index in [0.717, 1.165) is 5.69 Å². The molecular weight excluding hydrogens is 349 g/mol. The van der Waals surface area contributed by atoms with E-state index in [2.05, 4.69) is 4.90 Å². The van der Waals surface area contributed by atoms with Crippen LogP contribution in [-0.4, -0.2) is 41.6 Å². The van der Waals surface area contributed by atoms with E-state index in [9.17, 15) is 14.0 Å². The van der Waals surface area contributed by atoms with E-state index in [1.165, 1.54) is 16.7 Å². The molecule has 1 atom stereocenters. The van der Waals surface area contributed by atoms with Crippen LogP contribution in [0.4, 0.5) is 10.1 Å². The van der Waals surface area contributed by atoms with Gasteiger partial charge in [0.25, 0.3) is 0 Å². The highest BCUT2D eigenvalue weighted by molar-refractivity contribution is 5.83. The summed E-state index contributed by atoms with van der Waals surface area (Å²) < 4.78 is 19.7. The first-order chi connectivity index (χ1) is 13.0. The Balaban J connectivity index is 1.48. The van der Waals surface area contributed by atoms with E-state index in [1.807, 2.05) is 6.07 Å². The number of carbonyl (C=O) groups excluding carboxylic acids is 1. The third kappa shape index (κ3) is 3.20. The van der Waals surface area contributed by atoms with Crippen LogP contribution < -0.4 is 10.7 Å². The first-order valence-corrected chi connectivity index (χ1v) is 8.94. The molecule has 4 rings (SSSR count). The largest absolute Gasteiger partial charge is 0.420 e. The van der Waals surface area contributed by atoms with Crippen LogP contribution in [-0.2, 0) is 4.79 Å². The number of nitrogens with zero attached hydrogens (tertiary/aromatic N) is 3. The fourth-order valence-corrected chi connectivity index (χ4v) is 3.56. The molecule has 1 aliphatic heterocycles. The Hall–Kier alpha value is -3.09. The van der Waals surface area contributed by atoms with Crippen LogP contribution in [0.1, 0.15) is 13.0 Å². The number of carbonyl (C=O) groups is 1. The summed E-state index contributed by atoms with van der Waals surface area (Å²) in [6.45, 7) is 4.13. The summed E-state index contributed by atoms with van der Waals surface area (Å²) in [5, 5.41) is 0. The number of halogens is 1. The number of rotatable bonds is 3. The number of fused-ring (bicyclic) bond motifs is 1. The van der Waals surface area contributed by atoms with Crippen LogP contribution in [0.15, 0.2) is 57.7 Å². The van der Waals surface area contributed by atoms with Crippen molar-refractivity contribution in [2.45, 2.75) is 13.0 Å². The van der Waals surface area contributed by atoms with Gasteiger partial charge in [0.1, 0.15) is 11.9 Å². The van der Waals surface area contributed by atoms with Gasteiger partial charge in [0.15, 0.2) is 5.58 Å². The molecule has 1 fully saturated rings. The molecule has 7 heteroatoms. The Morgan fingerprint density at radius 2 is 1.70 bits per heavy atom. The molecule has 2 aromatic carbocycles. The summed E-state index contributed by atoms with van der Waals surface area (Å²) >= 11 is 0. The minimum absolute atomic E-state index is 0.109. The Kier molecular flexibility index (Phi) is 4.43. The van der Waals surface area contributed by atoms with Crippen molar-refractivity contribution >= 4 is 22.7 Å². The number of para-hydroxylation sites is 2. The SMILES string of the molecule is CC(C(=O)N1CCN(c2ccc(F)cc2)CC1)n1c(=O)oc2ccccc21. The van der Waals surface area contributed by atoms with E-state index in [0.29, 0.717) is 37.3 Å². The lowest BCUT2D eigenvalue weighted by molar-refractivity contribution is -0.134. The molecule has 1 aromatic heterocycles. The highest BCUT2D eigenvalue weighted by Gasteiger charge is 2.28. The first-order valence-electron chi connectivity index (χ1n) is 8.94. The molecule has 6 nitrogen and oxygen atoms in total. The van der Waals surface area contributed by atoms with Crippen molar-refractivity contribution in [3.8, 4) is 0 Å². The Morgan fingerprint density at radius 3 is 2.41 bits per heavy atom. The van der Waals surface area contributed by atoms with Gasteiger partial charge in [-0.2, -0.15) is 0 Å². The topological polar surface area (TPSA) is 58.7 Å². The number of hydrogen-bond donors (Lipinski definition) is 0. The minimum atomic E-state index is -0.640. The highest BCUT2D eigenvalue weighted by atomic mass is 19.1. The minimum Gasteiger partial charge on any atom is -0.408 e. The van der Waals surface area contributed by atoms with E-state index in [-0.39, 0.29) is 11.7 Å². The quantitative estimate of drug-likeness (QED) is 0.712. The van der Waals surface area contributed by atoms with Gasteiger partial charge in [-0.3, -0.25) is 9.36 Å². The molecule has 3 aromatic rings. The first kappa shape index (κ1) is 17.3. The van der Waals surface area contributed by atoms with Crippen molar-refractivity contribution in [2.24, 2.45) is 0 Å². The zero-order valence-electron chi connectivity index (χ0n) is 15.0. The van der Waals surface area contributed by atoms with Gasteiger partial charge in [-0.15, -0.1) is 0 Å². The van der Waals surface area contributed by atoms with Crippen molar-refractivity contribution in [1.82, 2.24) is 9.47 Å². The van der Waals surface area contributed by atoms with Gasteiger partial charge in [0.2, 0.25) is 5.91 Å². The predicted octanol–water partition coefficient (Wildman–Crippen LogP) is 2.64. The van der Waals surface area contributed by atoms with Gasteiger partial charge in [-0.25, -0.2) is 9.18 Å². The van der Waals surface area contributed by atoms with E-state index in [4.69, 9.17) is 4.42 Å². The van der Waals surface area contributed by atoms with Gasteiger partial charge in [0, 0.05) is 31.9 Å². The fraction of sp³-hybridized carbons (Fsp3) is 0.300. The molecular formula is C20H20FN3O3. The number of piperazine rings is 1. The summed E-state index contributed by atoms with van der Waals surface area (Å²) in [7, 11) is 0. The maximum absolute atomic E-state index is 13.1. The zero-order chi connectivity index (χ0) is 19.0. The van der Waals surface area contributed by atoms with Crippen molar-refractivity contribution in [3.05, 3.63) is 64.9 Å². The summed E-state index contributed by atoms with van der Waals surface area (Å²) in [5.74, 6) is -0.899. The van der Waals surface area contributed by atoms with Gasteiger partial charge in [0.05, 0.1) is 5.52 Å². The van der Waals surface area contributed by atoms with Crippen LogP contribution in [0.5, 0.6) is 0 Å². The van der Waals surface area contributed by atoms with Crippen LogP contribution in [0.2, 0.25) is 0 Å². The molecule has 0 aliphatic carbocycles. The standard InChI is InChI=1S/C20H20FN3O3/c1-14(24-17-4-2-3-5-18(17)27-20(24)26)19(25)23-12-10-22(11-13-23)16-8-6-15(21)7-9-16/h2-9,14H,10-13H2,1H3. The molecule has 0 bridgehead atoms. The predicted molar refractivity (Wildman–Crippen MR) is 100 cm³/mol. The summed E-state index contributed by atoms with van der Waals surface area (Å²) in [6.07, 6.45) is 0. The molecule has 1 amide bonds. The molecule has 1 unspecified atom stereocenters. The lowest BCUT2D eigenvalue weighted by Gasteiger charge is -2.37. The van der Waals surface area contributed by atoms with Gasteiger partial charge >= 0.3 is 5.76 Å². The average molecular weight is 369 g/mol. The zero-order valence-corrected chi connectivity index (χ0v) is 15.0. The maximum Gasteiger partial charge on any atom is 0.420 e. The maximum atomic E-state index is 13.1. The van der Waals surface area contributed by atoms with E-state index < -0.39 is 11.8 Å². The van der Waals surface area contributed by atoms with E-state index in [1.54, 1.807) is 42.2 Å². The molecule has 1 aliphatic rings. The van der Waals surface area contributed by atoms with Crippen molar-refractivity contribution < 1.29 is 13.6 Å². The Morgan fingerprint density at radius 1 is 1.04 bits per heavy atom. The molecule has 27 heavy (non-hydrogen) atoms. The van der Waals surface area contributed by atoms with Crippen LogP contribution in [0.25, 0.3) is 11.1 Å². The number of aromatic nitrogens is 1. The van der Waals surface area contributed by atoms with Gasteiger partial charge in [-0.05, 0) is 43.3 Å². The Labute approximate surface area is 155 Å². The highest BCUT2D eigenvalue weighted by Crippen LogP contribution is 2.21. The Bertz CT molecular complexity index is 1020. The normalized spacial score (nSPS) is 15.9. The number of benzene rings is 2. The van der Waals surface area contributed by atoms with Crippen molar-refractivity contribution in [3.63, 3.8) is 0 Å². The smallest absolute Gasteiger partial charge is 0.408 e. The molecule has 140 valence electrons. The second-order valence-corrected chi connectivity index (χ2v) is 6.67. The third-order valence-corrected chi connectivity index (χ3v) is 5.05. The molecule has 0 radical (unpaired) electrons. The monoisotopic (exact) mass is 369 g/mol. The van der Waals surface area contributed by atoms with Gasteiger partial charge < -0.3 is 14.2 Å². The number of anilines is 1. The summed E-state index contributed by atoms with van der Waals surface area (Å²) in [5.41, 5.74) is 2.03. The summed E-state index contributed by atoms with van der Waals surface area (Å²) in [6, 6.07) is 12.8. The second-order valence-electron chi connectivity index (χ2n) is 6.67. The number of amides is 1. The lowest BCUT2D eigenvalue weighted by Crippen LogP contribution is -2.50. The van der Waals surface area contributed by atoms with Crippen LogP contribution in [0.3, 0.4) is 0 Å². The fourth-order valence-electron chi connectivity index (χ4n) is 3.56. The molecule has 2 heterocycles. The number of hydrogen-bond acceptors (Lipinski definition) is 4. The summed E-state index contributed by atoms with van der Waals surface area (Å²) in [4.78, 5) is 29.0. The van der Waals surface area contributed by atoms with Crippen molar-refractivity contribution in [2.75, 3.05) is 31.1 Å². The van der Waals surface area contributed by atoms with E-state index >= 15 is 0 Å². The van der Waals surface area contributed by atoms with Crippen LogP contribution >= 0.6 is 0 Å². The molecule has 1 saturated heterocycles. The van der Waals surface area contributed by atoms with Gasteiger partial charge in [-0.1, -0.05) is 12.1 Å². The molecule has 0 N–H and O–H groups in total. The molecule has 0 saturated carbocycles. The number of oxazole rings is 1. The lowest BCUT2D eigenvalue weighted by atomic mass is 10.2. The average Bonchev–Trinajstić information content (AvgIpc) is 3.03. The molecule has 0 spiro atoms.